The van der Waals surface area contributed by atoms with E-state index in [-0.39, 0.29) is 24.5 Å². The lowest BCUT2D eigenvalue weighted by atomic mass is 9.96. The Labute approximate surface area is 480 Å². The molecule has 3 rings (SSSR count). The van der Waals surface area contributed by atoms with Crippen molar-refractivity contribution >= 4 is 110 Å². The number of unbranched alkanes of at least 4 members (excludes halogenated alkanes) is 11. The van der Waals surface area contributed by atoms with E-state index in [1.54, 1.807) is 36.4 Å². The number of esters is 2. The molecule has 1 fully saturated rings. The molecule has 1 saturated heterocycles. The lowest BCUT2D eigenvalue weighted by molar-refractivity contribution is -0.269. The number of amides is 1. The molecule has 0 radical (unpaired) electrons. The summed E-state index contributed by atoms with van der Waals surface area (Å²) < 4.78 is 71.1. The highest BCUT2D eigenvalue weighted by Crippen LogP contribution is 2.53. The number of carbonyl (C=O) groups is 4. The van der Waals surface area contributed by atoms with Gasteiger partial charge in [0.25, 0.3) is 0 Å². The molecule has 16 nitrogen and oxygen atoms in total. The van der Waals surface area contributed by atoms with Gasteiger partial charge in [-0.1, -0.05) is 210 Å². The van der Waals surface area contributed by atoms with Crippen molar-refractivity contribution in [2.45, 2.75) is 206 Å². The summed E-state index contributed by atoms with van der Waals surface area (Å²) in [5.41, 5.74) is -1.73. The number of ether oxygens (including phenoxy) is 7. The first-order valence-electron chi connectivity index (χ1n) is 26.1. The van der Waals surface area contributed by atoms with Crippen molar-refractivity contribution in [2.75, 3.05) is 19.8 Å². The Hall–Kier alpha value is -2.41. The summed E-state index contributed by atoms with van der Waals surface area (Å²) >= 11 is 36.3. The normalized spacial score (nSPS) is 18.7. The molecule has 0 aliphatic carbocycles. The third kappa shape index (κ3) is 27.6. The van der Waals surface area contributed by atoms with E-state index >= 15 is 4.57 Å². The lowest BCUT2D eigenvalue weighted by Gasteiger charge is -2.45. The molecule has 0 saturated carbocycles. The molecule has 2 aromatic carbocycles. The highest BCUT2D eigenvalue weighted by Gasteiger charge is 2.55. The molecule has 0 bridgehead atoms. The predicted octanol–water partition coefficient (Wildman–Crippen LogP) is 15.6. The fourth-order valence-corrected chi connectivity index (χ4v) is 9.94. The maximum Gasteiger partial charge on any atom is 0.588 e. The SMILES string of the molecule is CCCCCCCCCCC[C@H](CC(=O)O[C@@H]1[C@H](NC(=O)OCC(Cl)(Cl)Cl)[C@@H](OCC[Si](C)(C)C)O[C@H](COC(=O)OC(C)(C)C(Cl)(Cl)Cl)[C@H]1OP(=O)(Oc1ccccc1)Oc1ccccc1)OC(=O)CCCCCC. The van der Waals surface area contributed by atoms with Gasteiger partial charge in [0.1, 0.15) is 49.1 Å². The van der Waals surface area contributed by atoms with Crippen LogP contribution >= 0.6 is 77.4 Å². The smallest absolute Gasteiger partial charge is 0.462 e. The van der Waals surface area contributed by atoms with Gasteiger partial charge >= 0.3 is 32.0 Å². The van der Waals surface area contributed by atoms with Gasteiger partial charge in [-0.25, -0.2) is 14.2 Å². The van der Waals surface area contributed by atoms with E-state index in [2.05, 4.69) is 38.8 Å². The standard InChI is InChI=1S/C52H78Cl6NO15PSi/c1-8-10-12-14-15-16-17-18-21-31-40(68-42(60)32-26-13-11-9-2)35-43(61)70-46-44(59-48(62)67-37-51(53,54)55)47(65-33-34-76(5,6)7)69-41(36-66-49(63)71-50(3,4)52(56,57)58)45(46)74-75(64,72-38-27-22-19-23-28-38)73-39-29-24-20-25-30-39/h19-20,22-25,27-30,40-41,44-47H,8-18,21,26,31-37H2,1-7H3,(H,59,62)/t40-,41-,44+,45-,46-,47+/m1/s1. The summed E-state index contributed by atoms with van der Waals surface area (Å²) in [4.78, 5) is 55.2. The number of para-hydroxylation sites is 2. The molecule has 1 aliphatic rings. The van der Waals surface area contributed by atoms with Crippen LogP contribution in [0.1, 0.15) is 130 Å². The van der Waals surface area contributed by atoms with E-state index < -0.39 is 110 Å². The Kier molecular flexibility index (Phi) is 30.4. The average Bonchev–Trinajstić information content (AvgIpc) is 3.32. The second kappa shape index (κ2) is 34.0. The minimum atomic E-state index is -5.00. The number of nitrogens with one attached hydrogen (secondary N) is 1. The van der Waals surface area contributed by atoms with Crippen molar-refractivity contribution in [3.05, 3.63) is 60.7 Å². The average molecular weight is 1230 g/mol. The van der Waals surface area contributed by atoms with Crippen LogP contribution in [-0.2, 0) is 51.8 Å². The second-order valence-corrected chi connectivity index (χ2v) is 32.2. The van der Waals surface area contributed by atoms with Crippen molar-refractivity contribution in [1.29, 1.82) is 0 Å². The maximum absolute atomic E-state index is 15.3. The molecule has 0 unspecified atom stereocenters. The van der Waals surface area contributed by atoms with E-state index in [0.717, 1.165) is 57.8 Å². The number of alkyl halides is 6. The largest absolute Gasteiger partial charge is 0.588 e. The van der Waals surface area contributed by atoms with E-state index in [1.165, 1.54) is 51.0 Å². The van der Waals surface area contributed by atoms with Crippen molar-refractivity contribution in [3.63, 3.8) is 0 Å². The summed E-state index contributed by atoms with van der Waals surface area (Å²) in [5, 5.41) is 2.62. The molecule has 0 aromatic heterocycles. The summed E-state index contributed by atoms with van der Waals surface area (Å²) in [5.74, 6) is -1.34. The zero-order valence-corrected chi connectivity index (χ0v) is 51.1. The van der Waals surface area contributed by atoms with Gasteiger partial charge in [0.2, 0.25) is 7.59 Å². The fraction of sp³-hybridized carbons (Fsp3) is 0.692. The van der Waals surface area contributed by atoms with Crippen LogP contribution in [0, 0.1) is 0 Å². The van der Waals surface area contributed by atoms with Crippen LogP contribution in [-0.4, -0.2) is 102 Å². The van der Waals surface area contributed by atoms with Crippen LogP contribution in [0.3, 0.4) is 0 Å². The van der Waals surface area contributed by atoms with Gasteiger partial charge in [0, 0.05) is 21.1 Å². The number of phosphoric ester groups is 1. The minimum absolute atomic E-state index is 0.0331. The third-order valence-electron chi connectivity index (χ3n) is 11.8. The van der Waals surface area contributed by atoms with E-state index in [4.69, 9.17) is 116 Å². The van der Waals surface area contributed by atoms with Gasteiger partial charge < -0.3 is 47.5 Å². The number of benzene rings is 2. The zero-order valence-electron chi connectivity index (χ0n) is 44.7. The van der Waals surface area contributed by atoms with Crippen molar-refractivity contribution in [3.8, 4) is 11.5 Å². The molecule has 432 valence electrons. The Bertz CT molecular complexity index is 2020. The number of phosphoric acid groups is 1. The second-order valence-electron chi connectivity index (χ2n) is 20.3. The topological polar surface area (TPSA) is 190 Å². The molecule has 1 N–H and O–H groups in total. The number of carbonyl (C=O) groups excluding carboxylic acids is 4. The van der Waals surface area contributed by atoms with Gasteiger partial charge in [-0.3, -0.25) is 14.1 Å². The van der Waals surface area contributed by atoms with Gasteiger partial charge in [-0.2, -0.15) is 0 Å². The monoisotopic (exact) mass is 1230 g/mol. The van der Waals surface area contributed by atoms with Gasteiger partial charge in [0.15, 0.2) is 18.0 Å². The van der Waals surface area contributed by atoms with E-state index in [9.17, 15) is 19.2 Å². The Morgan fingerprint density at radius 2 is 1.26 bits per heavy atom. The fourth-order valence-electron chi connectivity index (χ4n) is 7.50. The van der Waals surface area contributed by atoms with Crippen LogP contribution in [0.2, 0.25) is 25.7 Å². The van der Waals surface area contributed by atoms with E-state index in [1.807, 2.05) is 0 Å². The summed E-state index contributed by atoms with van der Waals surface area (Å²) in [6.45, 7) is 11.8. The molecule has 1 heterocycles. The van der Waals surface area contributed by atoms with E-state index in [0.29, 0.717) is 25.3 Å². The van der Waals surface area contributed by atoms with Crippen molar-refractivity contribution in [1.82, 2.24) is 5.32 Å². The Balaban J connectivity index is 2.20. The molecule has 1 aliphatic heterocycles. The summed E-state index contributed by atoms with van der Waals surface area (Å²) in [6.07, 6.45) is 2.47. The molecular weight excluding hydrogens is 1150 g/mol. The minimum Gasteiger partial charge on any atom is -0.462 e. The van der Waals surface area contributed by atoms with Crippen LogP contribution in [0.25, 0.3) is 0 Å². The lowest BCUT2D eigenvalue weighted by Crippen LogP contribution is -2.66. The van der Waals surface area contributed by atoms with Gasteiger partial charge in [0.05, 0.1) is 6.42 Å². The first kappa shape index (κ1) is 67.9. The number of hydrogen-bond donors (Lipinski definition) is 1. The highest BCUT2D eigenvalue weighted by atomic mass is 35.6. The molecular formula is C52H78Cl6NO15PSi. The van der Waals surface area contributed by atoms with Crippen molar-refractivity contribution < 1.29 is 70.5 Å². The zero-order chi connectivity index (χ0) is 56.4. The molecule has 24 heteroatoms. The predicted molar refractivity (Wildman–Crippen MR) is 300 cm³/mol. The number of halogens is 6. The van der Waals surface area contributed by atoms with Gasteiger partial charge in [-0.15, -0.1) is 0 Å². The molecule has 0 spiro atoms. The van der Waals surface area contributed by atoms with Crippen LogP contribution in [0.15, 0.2) is 60.7 Å². The van der Waals surface area contributed by atoms with Crippen molar-refractivity contribution in [2.24, 2.45) is 0 Å². The third-order valence-corrected chi connectivity index (χ3v) is 16.6. The first-order valence-corrected chi connectivity index (χ1v) is 33.5. The summed E-state index contributed by atoms with van der Waals surface area (Å²) in [7, 11) is -6.83. The first-order chi connectivity index (χ1) is 35.7. The quantitative estimate of drug-likeness (QED) is 0.0174. The Morgan fingerprint density at radius 3 is 1.79 bits per heavy atom. The molecule has 76 heavy (non-hydrogen) atoms. The number of hydrogen-bond acceptors (Lipinski definition) is 15. The van der Waals surface area contributed by atoms with Crippen LogP contribution in [0.4, 0.5) is 9.59 Å². The summed E-state index contributed by atoms with van der Waals surface area (Å²) in [6, 6.07) is 14.8. The highest BCUT2D eigenvalue weighted by molar-refractivity contribution is 7.49. The maximum atomic E-state index is 15.3. The molecule has 1 amide bonds. The number of alkyl carbamates (subject to hydrolysis) is 1. The number of rotatable bonds is 34. The van der Waals surface area contributed by atoms with Crippen LogP contribution in [0.5, 0.6) is 11.5 Å². The molecule has 6 atom stereocenters. The van der Waals surface area contributed by atoms with Crippen LogP contribution < -0.4 is 14.4 Å². The molecule has 2 aromatic rings. The Morgan fingerprint density at radius 1 is 0.724 bits per heavy atom. The van der Waals surface area contributed by atoms with Gasteiger partial charge in [-0.05, 0) is 63.4 Å².